The summed E-state index contributed by atoms with van der Waals surface area (Å²) in [5, 5.41) is 32.4. The van der Waals surface area contributed by atoms with Crippen molar-refractivity contribution in [3.63, 3.8) is 0 Å². The van der Waals surface area contributed by atoms with Crippen LogP contribution >= 0.6 is 0 Å². The van der Waals surface area contributed by atoms with Crippen LogP contribution in [0.1, 0.15) is 90.9 Å². The van der Waals surface area contributed by atoms with Crippen molar-refractivity contribution >= 4 is 5.78 Å². The fourth-order valence-corrected chi connectivity index (χ4v) is 6.89. The average Bonchev–Trinajstić information content (AvgIpc) is 3.15. The lowest BCUT2D eigenvalue weighted by Crippen LogP contribution is -2.52. The van der Waals surface area contributed by atoms with Crippen molar-refractivity contribution in [3.05, 3.63) is 81.9 Å². The summed E-state index contributed by atoms with van der Waals surface area (Å²) in [5.74, 6) is -0.726. The molecule has 3 aliphatic rings. The zero-order valence-electron chi connectivity index (χ0n) is 24.2. The van der Waals surface area contributed by atoms with Crippen LogP contribution in [0.2, 0.25) is 0 Å². The fraction of sp³-hybridized carbons (Fsp3) is 0.545. The SMILES string of the molecule is CC1=CCCC2(C)C(CCC2(O)CN(C)CCO)c2ccc(cc2C(=O)c2cccc(C(F)(F)F)c2)CC(O)CC1. The molecular weight excluding hydrogens is 531 g/mol. The highest BCUT2D eigenvalue weighted by Gasteiger charge is 2.57. The summed E-state index contributed by atoms with van der Waals surface area (Å²) in [6.07, 6.45) is 1.00. The Morgan fingerprint density at radius 1 is 1.12 bits per heavy atom. The third-order valence-electron chi connectivity index (χ3n) is 9.38. The van der Waals surface area contributed by atoms with Crippen LogP contribution in [0.5, 0.6) is 0 Å². The number of carbonyl (C=O) groups excluding carboxylic acids is 1. The van der Waals surface area contributed by atoms with E-state index < -0.39 is 34.6 Å². The lowest BCUT2D eigenvalue weighted by atomic mass is 9.64. The third-order valence-corrected chi connectivity index (χ3v) is 9.38. The maximum absolute atomic E-state index is 14.0. The smallest absolute Gasteiger partial charge is 0.395 e. The standard InChI is InChI=1S/C33H42F3NO4/c1-22-6-5-14-31(2)29(13-15-32(31,41)21-37(3)16-17-38)27-12-10-23(18-26(39)11-9-22)19-28(27)30(40)24-7-4-8-25(20-24)33(34,35)36/h4,6-8,10,12,19-20,26,29,38-39,41H,5,9,11,13-18,21H2,1-3H3. The molecule has 0 saturated heterocycles. The molecule has 2 aromatic rings. The molecule has 1 fully saturated rings. The van der Waals surface area contributed by atoms with Crippen LogP contribution in [-0.2, 0) is 12.6 Å². The highest BCUT2D eigenvalue weighted by molar-refractivity contribution is 6.10. The minimum atomic E-state index is -4.58. The second kappa shape index (κ2) is 12.4. The van der Waals surface area contributed by atoms with Gasteiger partial charge in [0.25, 0.3) is 0 Å². The second-order valence-corrected chi connectivity index (χ2v) is 12.3. The average molecular weight is 574 g/mol. The quantitative estimate of drug-likeness (QED) is 0.296. The minimum Gasteiger partial charge on any atom is -0.395 e. The topological polar surface area (TPSA) is 81.0 Å². The molecule has 3 N–H and O–H groups in total. The van der Waals surface area contributed by atoms with Crippen LogP contribution in [0.4, 0.5) is 13.2 Å². The fourth-order valence-electron chi connectivity index (χ4n) is 6.89. The summed E-state index contributed by atoms with van der Waals surface area (Å²) in [6, 6.07) is 10.0. The van der Waals surface area contributed by atoms with Crippen molar-refractivity contribution < 1.29 is 33.3 Å². The van der Waals surface area contributed by atoms with E-state index in [0.717, 1.165) is 24.1 Å². The Balaban J connectivity index is 1.85. The number of hydrogen-bond donors (Lipinski definition) is 3. The van der Waals surface area contributed by atoms with Crippen molar-refractivity contribution in [2.24, 2.45) is 5.41 Å². The van der Waals surface area contributed by atoms with Crippen LogP contribution in [0.15, 0.2) is 54.1 Å². The number of aliphatic hydroxyl groups excluding tert-OH is 2. The number of halogens is 3. The van der Waals surface area contributed by atoms with Gasteiger partial charge in [0.1, 0.15) is 0 Å². The van der Waals surface area contributed by atoms with Gasteiger partial charge in [-0.05, 0) is 94.2 Å². The van der Waals surface area contributed by atoms with Crippen LogP contribution in [0.25, 0.3) is 0 Å². The van der Waals surface area contributed by atoms with E-state index in [2.05, 4.69) is 13.0 Å². The van der Waals surface area contributed by atoms with E-state index in [-0.39, 0.29) is 18.1 Å². The summed E-state index contributed by atoms with van der Waals surface area (Å²) < 4.78 is 40.5. The van der Waals surface area contributed by atoms with Gasteiger partial charge in [-0.15, -0.1) is 0 Å². The van der Waals surface area contributed by atoms with E-state index in [1.165, 1.54) is 17.7 Å². The summed E-state index contributed by atoms with van der Waals surface area (Å²) in [5.41, 5.74) is 0.271. The largest absolute Gasteiger partial charge is 0.416 e. The molecular formula is C33H42F3NO4. The van der Waals surface area contributed by atoms with Crippen molar-refractivity contribution in [1.82, 2.24) is 4.90 Å². The monoisotopic (exact) mass is 573 g/mol. The number of allylic oxidation sites excluding steroid dienone is 2. The zero-order chi connectivity index (χ0) is 30.0. The number of ketones is 1. The summed E-state index contributed by atoms with van der Waals surface area (Å²) in [6.45, 7) is 4.84. The molecule has 2 aromatic carbocycles. The first-order chi connectivity index (χ1) is 19.3. The van der Waals surface area contributed by atoms with Gasteiger partial charge in [-0.3, -0.25) is 4.79 Å². The normalized spacial score (nSPS) is 27.4. The second-order valence-electron chi connectivity index (χ2n) is 12.3. The minimum absolute atomic E-state index is 0.0302. The van der Waals surface area contributed by atoms with E-state index in [4.69, 9.17) is 0 Å². The predicted octanol–water partition coefficient (Wildman–Crippen LogP) is 5.90. The van der Waals surface area contributed by atoms with Crippen LogP contribution in [-0.4, -0.2) is 64.5 Å². The number of aliphatic hydroxyl groups is 3. The molecule has 5 rings (SSSR count). The molecule has 41 heavy (non-hydrogen) atoms. The van der Waals surface area contributed by atoms with Gasteiger partial charge >= 0.3 is 6.18 Å². The molecule has 1 saturated carbocycles. The molecule has 0 amide bonds. The van der Waals surface area contributed by atoms with Crippen molar-refractivity contribution in [3.8, 4) is 0 Å². The van der Waals surface area contributed by atoms with Gasteiger partial charge in [0.15, 0.2) is 5.78 Å². The van der Waals surface area contributed by atoms with Gasteiger partial charge in [0.2, 0.25) is 0 Å². The molecule has 4 unspecified atom stereocenters. The molecule has 8 heteroatoms. The predicted molar refractivity (Wildman–Crippen MR) is 153 cm³/mol. The van der Waals surface area contributed by atoms with E-state index in [9.17, 15) is 33.3 Å². The Bertz CT molecular complexity index is 1280. The van der Waals surface area contributed by atoms with E-state index in [1.807, 2.05) is 31.0 Å². The van der Waals surface area contributed by atoms with Crippen LogP contribution in [0.3, 0.4) is 0 Å². The molecule has 2 bridgehead atoms. The number of nitrogens with zero attached hydrogens (tertiary/aromatic N) is 1. The van der Waals surface area contributed by atoms with E-state index in [0.29, 0.717) is 62.7 Å². The lowest BCUT2D eigenvalue weighted by molar-refractivity contribution is -0.137. The summed E-state index contributed by atoms with van der Waals surface area (Å²) in [4.78, 5) is 15.9. The van der Waals surface area contributed by atoms with Gasteiger partial charge in [-0.25, -0.2) is 0 Å². The molecule has 0 radical (unpaired) electrons. The molecule has 5 nitrogen and oxygen atoms in total. The maximum Gasteiger partial charge on any atom is 0.416 e. The number of alkyl halides is 3. The molecule has 0 aliphatic heterocycles. The Morgan fingerprint density at radius 3 is 2.59 bits per heavy atom. The number of carbonyl (C=O) groups is 1. The number of hydrogen-bond acceptors (Lipinski definition) is 5. The molecule has 0 spiro atoms. The Labute approximate surface area is 240 Å². The van der Waals surface area contributed by atoms with E-state index in [1.54, 1.807) is 6.07 Å². The highest BCUT2D eigenvalue weighted by Crippen LogP contribution is 2.58. The first kappa shape index (κ1) is 31.4. The Kier molecular flexibility index (Phi) is 9.48. The van der Waals surface area contributed by atoms with Gasteiger partial charge in [-0.1, -0.05) is 42.8 Å². The zero-order valence-corrected chi connectivity index (χ0v) is 24.2. The first-order valence-corrected chi connectivity index (χ1v) is 14.5. The van der Waals surface area contributed by atoms with Crippen LogP contribution in [0, 0.1) is 5.41 Å². The van der Waals surface area contributed by atoms with Gasteiger partial charge < -0.3 is 20.2 Å². The molecule has 4 atom stereocenters. The number of benzene rings is 2. The molecule has 224 valence electrons. The lowest BCUT2D eigenvalue weighted by Gasteiger charge is -2.45. The summed E-state index contributed by atoms with van der Waals surface area (Å²) >= 11 is 0. The maximum atomic E-state index is 14.0. The Hall–Kier alpha value is -2.52. The van der Waals surface area contributed by atoms with Crippen molar-refractivity contribution in [2.75, 3.05) is 26.7 Å². The van der Waals surface area contributed by atoms with Crippen molar-refractivity contribution in [2.45, 2.75) is 82.6 Å². The van der Waals surface area contributed by atoms with Crippen molar-refractivity contribution in [1.29, 1.82) is 0 Å². The van der Waals surface area contributed by atoms with Gasteiger partial charge in [0.05, 0.1) is 23.9 Å². The van der Waals surface area contributed by atoms with Crippen LogP contribution < -0.4 is 0 Å². The first-order valence-electron chi connectivity index (χ1n) is 14.5. The van der Waals surface area contributed by atoms with Gasteiger partial charge in [0, 0.05) is 29.6 Å². The third kappa shape index (κ3) is 6.77. The Morgan fingerprint density at radius 2 is 1.88 bits per heavy atom. The molecule has 0 heterocycles. The highest BCUT2D eigenvalue weighted by atomic mass is 19.4. The number of fused-ring (bicyclic) bond motifs is 8. The summed E-state index contributed by atoms with van der Waals surface area (Å²) in [7, 11) is 1.86. The number of likely N-dealkylation sites (N-methyl/N-ethyl adjacent to an activating group) is 1. The number of rotatable bonds is 6. The van der Waals surface area contributed by atoms with Gasteiger partial charge in [-0.2, -0.15) is 13.2 Å². The molecule has 3 aliphatic carbocycles. The molecule has 0 aromatic heterocycles. The van der Waals surface area contributed by atoms with E-state index >= 15 is 0 Å².